The molecule has 1 amide bonds. The third kappa shape index (κ3) is 4.76. The van der Waals surface area contributed by atoms with Crippen molar-refractivity contribution in [2.45, 2.75) is 38.6 Å². The molecule has 0 aromatic carbocycles. The first-order valence-corrected chi connectivity index (χ1v) is 8.99. The molecule has 2 saturated heterocycles. The first-order valence-electron chi connectivity index (χ1n) is 7.17. The van der Waals surface area contributed by atoms with Gasteiger partial charge in [0, 0.05) is 19.0 Å². The molecule has 6 heteroatoms. The molecule has 0 spiro atoms. The van der Waals surface area contributed by atoms with Crippen molar-refractivity contribution in [2.75, 3.05) is 31.1 Å². The van der Waals surface area contributed by atoms with Crippen LogP contribution in [0.3, 0.4) is 0 Å². The smallest absolute Gasteiger partial charge is 0.221 e. The average Bonchev–Trinajstić information content (AvgIpc) is 2.68. The largest absolute Gasteiger partial charge is 0.352 e. The first kappa shape index (κ1) is 14.8. The van der Waals surface area contributed by atoms with E-state index in [1.807, 2.05) is 0 Å². The van der Waals surface area contributed by atoms with Crippen molar-refractivity contribution >= 4 is 15.7 Å². The molecular formula is C13H24N2O3S. The molecule has 0 aromatic rings. The lowest BCUT2D eigenvalue weighted by molar-refractivity contribution is -0.122. The SMILES string of the molecule is CC1CCN(CCC(=O)NC2CCS(=O)(=O)C2)CC1. The van der Waals surface area contributed by atoms with Gasteiger partial charge in [0.05, 0.1) is 11.5 Å². The van der Waals surface area contributed by atoms with Crippen LogP contribution in [0.15, 0.2) is 0 Å². The van der Waals surface area contributed by atoms with E-state index in [1.165, 1.54) is 12.8 Å². The summed E-state index contributed by atoms with van der Waals surface area (Å²) in [4.78, 5) is 14.1. The Morgan fingerprint density at radius 2 is 1.95 bits per heavy atom. The zero-order valence-electron chi connectivity index (χ0n) is 11.6. The van der Waals surface area contributed by atoms with Gasteiger partial charge in [-0.2, -0.15) is 0 Å². The minimum Gasteiger partial charge on any atom is -0.352 e. The summed E-state index contributed by atoms with van der Waals surface area (Å²) in [5, 5.41) is 2.84. The van der Waals surface area contributed by atoms with Gasteiger partial charge < -0.3 is 10.2 Å². The maximum Gasteiger partial charge on any atom is 0.221 e. The molecule has 2 fully saturated rings. The number of hydrogen-bond donors (Lipinski definition) is 1. The second kappa shape index (κ2) is 6.22. The van der Waals surface area contributed by atoms with E-state index in [-0.39, 0.29) is 23.5 Å². The zero-order chi connectivity index (χ0) is 13.9. The number of carbonyl (C=O) groups excluding carboxylic acids is 1. The van der Waals surface area contributed by atoms with Gasteiger partial charge in [-0.25, -0.2) is 8.42 Å². The lowest BCUT2D eigenvalue weighted by Crippen LogP contribution is -2.39. The van der Waals surface area contributed by atoms with Crippen LogP contribution in [0.4, 0.5) is 0 Å². The summed E-state index contributed by atoms with van der Waals surface area (Å²) in [6.45, 7) is 5.21. The molecule has 0 saturated carbocycles. The molecule has 0 radical (unpaired) electrons. The minimum absolute atomic E-state index is 0.0132. The highest BCUT2D eigenvalue weighted by Crippen LogP contribution is 2.16. The summed E-state index contributed by atoms with van der Waals surface area (Å²) in [6.07, 6.45) is 3.46. The number of rotatable bonds is 4. The van der Waals surface area contributed by atoms with Crippen molar-refractivity contribution in [1.29, 1.82) is 0 Å². The van der Waals surface area contributed by atoms with Crippen LogP contribution in [0.1, 0.15) is 32.6 Å². The molecule has 0 bridgehead atoms. The molecular weight excluding hydrogens is 264 g/mol. The highest BCUT2D eigenvalue weighted by Gasteiger charge is 2.28. The lowest BCUT2D eigenvalue weighted by Gasteiger charge is -2.29. The van der Waals surface area contributed by atoms with Gasteiger partial charge in [-0.05, 0) is 38.3 Å². The fourth-order valence-corrected chi connectivity index (χ4v) is 4.43. The molecule has 2 aliphatic heterocycles. The van der Waals surface area contributed by atoms with E-state index in [0.717, 1.165) is 25.6 Å². The number of nitrogens with one attached hydrogen (secondary N) is 1. The molecule has 19 heavy (non-hydrogen) atoms. The van der Waals surface area contributed by atoms with Crippen molar-refractivity contribution in [3.8, 4) is 0 Å². The van der Waals surface area contributed by atoms with E-state index < -0.39 is 9.84 Å². The van der Waals surface area contributed by atoms with Crippen LogP contribution in [-0.4, -0.2) is 56.4 Å². The Morgan fingerprint density at radius 3 is 2.53 bits per heavy atom. The number of amides is 1. The van der Waals surface area contributed by atoms with Gasteiger partial charge in [0.25, 0.3) is 0 Å². The molecule has 1 N–H and O–H groups in total. The van der Waals surface area contributed by atoms with Crippen LogP contribution < -0.4 is 5.32 Å². The van der Waals surface area contributed by atoms with Crippen LogP contribution >= 0.6 is 0 Å². The monoisotopic (exact) mass is 288 g/mol. The quantitative estimate of drug-likeness (QED) is 0.814. The maximum atomic E-state index is 11.8. The highest BCUT2D eigenvalue weighted by molar-refractivity contribution is 7.91. The number of likely N-dealkylation sites (tertiary alicyclic amines) is 1. The second-order valence-electron chi connectivity index (χ2n) is 5.94. The number of carbonyl (C=O) groups is 1. The molecule has 5 nitrogen and oxygen atoms in total. The normalized spacial score (nSPS) is 28.4. The minimum atomic E-state index is -2.91. The van der Waals surface area contributed by atoms with E-state index in [2.05, 4.69) is 17.1 Å². The van der Waals surface area contributed by atoms with Crippen molar-refractivity contribution in [1.82, 2.24) is 10.2 Å². The molecule has 2 rings (SSSR count). The van der Waals surface area contributed by atoms with Gasteiger partial charge in [0.15, 0.2) is 9.84 Å². The van der Waals surface area contributed by atoms with Gasteiger partial charge >= 0.3 is 0 Å². The van der Waals surface area contributed by atoms with E-state index >= 15 is 0 Å². The van der Waals surface area contributed by atoms with Crippen molar-refractivity contribution in [2.24, 2.45) is 5.92 Å². The van der Waals surface area contributed by atoms with Crippen LogP contribution in [0.5, 0.6) is 0 Å². The predicted octanol–water partition coefficient (Wildman–Crippen LogP) is 0.412. The van der Waals surface area contributed by atoms with Gasteiger partial charge in [0.1, 0.15) is 0 Å². The van der Waals surface area contributed by atoms with Gasteiger partial charge in [-0.3, -0.25) is 4.79 Å². The van der Waals surface area contributed by atoms with Gasteiger partial charge in [-0.15, -0.1) is 0 Å². The number of piperidine rings is 1. The first-order chi connectivity index (χ1) is 8.94. The Bertz CT molecular complexity index is 414. The molecule has 2 aliphatic rings. The fourth-order valence-electron chi connectivity index (χ4n) is 2.75. The van der Waals surface area contributed by atoms with Crippen molar-refractivity contribution in [3.05, 3.63) is 0 Å². The van der Waals surface area contributed by atoms with Gasteiger partial charge in [-0.1, -0.05) is 6.92 Å². The number of sulfone groups is 1. The fraction of sp³-hybridized carbons (Fsp3) is 0.923. The molecule has 1 unspecified atom stereocenters. The summed E-state index contributed by atoms with van der Waals surface area (Å²) >= 11 is 0. The summed E-state index contributed by atoms with van der Waals surface area (Å²) in [5.74, 6) is 1.11. The van der Waals surface area contributed by atoms with Crippen LogP contribution in [0.2, 0.25) is 0 Å². The standard InChI is InChI=1S/C13H24N2O3S/c1-11-2-6-15(7-3-11)8-4-13(16)14-12-5-9-19(17,18)10-12/h11-12H,2-10H2,1H3,(H,14,16). The van der Waals surface area contributed by atoms with E-state index in [0.29, 0.717) is 12.8 Å². The third-order valence-electron chi connectivity index (χ3n) is 4.13. The lowest BCUT2D eigenvalue weighted by atomic mass is 9.99. The zero-order valence-corrected chi connectivity index (χ0v) is 12.4. The average molecular weight is 288 g/mol. The summed E-state index contributed by atoms with van der Waals surface area (Å²) < 4.78 is 22.6. The number of nitrogens with zero attached hydrogens (tertiary/aromatic N) is 1. The Kier molecular flexibility index (Phi) is 4.84. The number of hydrogen-bond acceptors (Lipinski definition) is 4. The second-order valence-corrected chi connectivity index (χ2v) is 8.17. The summed E-state index contributed by atoms with van der Waals surface area (Å²) in [6, 6.07) is -0.168. The summed E-state index contributed by atoms with van der Waals surface area (Å²) in [5.41, 5.74) is 0. The Hall–Kier alpha value is -0.620. The Morgan fingerprint density at radius 1 is 1.26 bits per heavy atom. The van der Waals surface area contributed by atoms with Crippen LogP contribution in [0, 0.1) is 5.92 Å². The van der Waals surface area contributed by atoms with E-state index in [4.69, 9.17) is 0 Å². The molecule has 1 atom stereocenters. The van der Waals surface area contributed by atoms with E-state index in [9.17, 15) is 13.2 Å². The predicted molar refractivity (Wildman–Crippen MR) is 74.7 cm³/mol. The van der Waals surface area contributed by atoms with E-state index in [1.54, 1.807) is 0 Å². The summed E-state index contributed by atoms with van der Waals surface area (Å²) in [7, 11) is -2.91. The maximum absolute atomic E-state index is 11.8. The Balaban J connectivity index is 1.65. The molecule has 0 aliphatic carbocycles. The van der Waals surface area contributed by atoms with Crippen molar-refractivity contribution in [3.63, 3.8) is 0 Å². The highest BCUT2D eigenvalue weighted by atomic mass is 32.2. The topological polar surface area (TPSA) is 66.5 Å². The van der Waals surface area contributed by atoms with Crippen LogP contribution in [-0.2, 0) is 14.6 Å². The van der Waals surface area contributed by atoms with Crippen molar-refractivity contribution < 1.29 is 13.2 Å². The molecule has 0 aromatic heterocycles. The third-order valence-corrected chi connectivity index (χ3v) is 5.90. The molecule has 110 valence electrons. The Labute approximate surface area is 115 Å². The van der Waals surface area contributed by atoms with Gasteiger partial charge in [0.2, 0.25) is 5.91 Å². The molecule has 2 heterocycles. The van der Waals surface area contributed by atoms with Crippen LogP contribution in [0.25, 0.3) is 0 Å².